The molecule has 2 aromatic carbocycles. The van der Waals surface area contributed by atoms with Crippen molar-refractivity contribution in [3.63, 3.8) is 0 Å². The van der Waals surface area contributed by atoms with Crippen LogP contribution in [0, 0.1) is 0 Å². The van der Waals surface area contributed by atoms with E-state index in [0.29, 0.717) is 0 Å². The van der Waals surface area contributed by atoms with Gasteiger partial charge in [0.15, 0.2) is 6.61 Å². The number of hydrogen-bond donors (Lipinski definition) is 0. The molecule has 0 unspecified atom stereocenters. The Morgan fingerprint density at radius 1 is 0.719 bits per heavy atom. The first-order chi connectivity index (χ1) is 15.2. The quantitative estimate of drug-likeness (QED) is 0.205. The Kier molecular flexibility index (Phi) is 10.6. The van der Waals surface area contributed by atoms with Crippen LogP contribution in [-0.2, 0) is 21.9 Å². The summed E-state index contributed by atoms with van der Waals surface area (Å²) in [4.78, 5) is 0. The molecule has 0 radical (unpaired) electrons. The van der Waals surface area contributed by atoms with Gasteiger partial charge in [0.05, 0.1) is 0 Å². The molecule has 0 saturated carbocycles. The Balaban J connectivity index is 2.08. The first kappa shape index (κ1) is 26.3. The highest BCUT2D eigenvalue weighted by molar-refractivity contribution is 7.49. The number of rotatable bonds is 14. The van der Waals surface area contributed by atoms with E-state index in [1.807, 2.05) is 0 Å². The molecule has 32 heavy (non-hydrogen) atoms. The topological polar surface area (TPSA) is 44.8 Å². The zero-order valence-corrected chi connectivity index (χ0v) is 19.6. The highest BCUT2D eigenvalue weighted by atomic mass is 31.2. The smallest absolute Gasteiger partial charge is 0.395 e. The third kappa shape index (κ3) is 10.1. The van der Waals surface area contributed by atoms with Gasteiger partial charge in [-0.1, -0.05) is 63.8 Å². The van der Waals surface area contributed by atoms with Crippen LogP contribution < -0.4 is 9.05 Å². The largest absolute Gasteiger partial charge is 0.587 e. The predicted molar refractivity (Wildman–Crippen MR) is 120 cm³/mol. The maximum absolute atomic E-state index is 13.0. The molecule has 2 aromatic rings. The van der Waals surface area contributed by atoms with Crippen molar-refractivity contribution in [2.24, 2.45) is 0 Å². The molecule has 4 nitrogen and oxygen atoms in total. The third-order valence-corrected chi connectivity index (χ3v) is 6.12. The van der Waals surface area contributed by atoms with Crippen LogP contribution in [0.2, 0.25) is 0 Å². The summed E-state index contributed by atoms with van der Waals surface area (Å²) >= 11 is 0. The van der Waals surface area contributed by atoms with E-state index in [9.17, 15) is 17.7 Å². The van der Waals surface area contributed by atoms with Gasteiger partial charge in [-0.15, -0.1) is 0 Å². The SMILES string of the molecule is CCCCCc1ccc(OP(=O)(OCC(F)(F)F)Oc2ccc(CCCCC)cc2)cc1. The van der Waals surface area contributed by atoms with Gasteiger partial charge in [0.2, 0.25) is 0 Å². The van der Waals surface area contributed by atoms with Crippen LogP contribution in [0.25, 0.3) is 0 Å². The van der Waals surface area contributed by atoms with Crippen LogP contribution in [0.4, 0.5) is 13.2 Å². The minimum atomic E-state index is -4.67. The fourth-order valence-electron chi connectivity index (χ4n) is 3.07. The zero-order valence-electron chi connectivity index (χ0n) is 18.7. The van der Waals surface area contributed by atoms with Gasteiger partial charge in [-0.25, -0.2) is 4.57 Å². The average molecular weight is 472 g/mol. The molecule has 0 saturated heterocycles. The zero-order chi connectivity index (χ0) is 23.5. The number of hydrogen-bond acceptors (Lipinski definition) is 4. The van der Waals surface area contributed by atoms with E-state index in [4.69, 9.17) is 9.05 Å². The standard InChI is InChI=1S/C24H32F3O4P/c1-3-5-7-9-20-11-15-22(16-12-20)30-32(28,29-19-24(25,26)27)31-23-17-13-21(14-18-23)10-8-6-4-2/h11-18H,3-10,19H2,1-2H3. The molecule has 0 aliphatic carbocycles. The summed E-state index contributed by atoms with van der Waals surface area (Å²) in [6, 6.07) is 13.4. The fourth-order valence-corrected chi connectivity index (χ4v) is 4.28. The molecule has 0 amide bonds. The second-order valence-electron chi connectivity index (χ2n) is 7.72. The van der Waals surface area contributed by atoms with Gasteiger partial charge < -0.3 is 9.05 Å². The van der Waals surface area contributed by atoms with Crippen LogP contribution in [0.3, 0.4) is 0 Å². The number of unbranched alkanes of at least 4 members (excludes halogenated alkanes) is 4. The van der Waals surface area contributed by atoms with Crippen molar-refractivity contribution in [1.82, 2.24) is 0 Å². The first-order valence-electron chi connectivity index (χ1n) is 11.1. The number of aryl methyl sites for hydroxylation is 2. The van der Waals surface area contributed by atoms with E-state index >= 15 is 0 Å². The highest BCUT2D eigenvalue weighted by Crippen LogP contribution is 2.50. The van der Waals surface area contributed by atoms with Crippen molar-refractivity contribution in [3.8, 4) is 11.5 Å². The first-order valence-corrected chi connectivity index (χ1v) is 12.6. The number of halogens is 3. The highest BCUT2D eigenvalue weighted by Gasteiger charge is 2.38. The summed E-state index contributed by atoms with van der Waals surface area (Å²) in [5.74, 6) is 0.233. The summed E-state index contributed by atoms with van der Waals surface area (Å²) in [5, 5.41) is 0. The Morgan fingerprint density at radius 2 is 1.12 bits per heavy atom. The van der Waals surface area contributed by atoms with Crippen LogP contribution in [0.1, 0.15) is 63.5 Å². The van der Waals surface area contributed by atoms with Crippen molar-refractivity contribution in [2.75, 3.05) is 6.61 Å². The molecule has 0 fully saturated rings. The van der Waals surface area contributed by atoms with E-state index in [-0.39, 0.29) is 11.5 Å². The molecule has 2 rings (SSSR count). The Bertz CT molecular complexity index is 776. The summed E-state index contributed by atoms with van der Waals surface area (Å²) in [6.45, 7) is 2.50. The van der Waals surface area contributed by atoms with Crippen molar-refractivity contribution in [3.05, 3.63) is 59.7 Å². The Labute approximate surface area is 188 Å². The van der Waals surface area contributed by atoms with Gasteiger partial charge >= 0.3 is 14.0 Å². The minimum absolute atomic E-state index is 0.117. The molecular weight excluding hydrogens is 440 g/mol. The summed E-state index contributed by atoms with van der Waals surface area (Å²) in [6.07, 6.45) is 3.64. The van der Waals surface area contributed by atoms with Crippen molar-refractivity contribution in [2.45, 2.75) is 71.4 Å². The molecular formula is C24H32F3O4P. The molecule has 8 heteroatoms. The van der Waals surface area contributed by atoms with Gasteiger partial charge in [0.25, 0.3) is 0 Å². The average Bonchev–Trinajstić information content (AvgIpc) is 2.75. The normalized spacial score (nSPS) is 12.0. The molecule has 0 N–H and O–H groups in total. The lowest BCUT2D eigenvalue weighted by atomic mass is 10.1. The number of phosphoric acid groups is 1. The lowest BCUT2D eigenvalue weighted by molar-refractivity contribution is -0.156. The van der Waals surface area contributed by atoms with Crippen LogP contribution in [0.5, 0.6) is 11.5 Å². The molecule has 0 aliphatic heterocycles. The number of phosphoric ester groups is 1. The van der Waals surface area contributed by atoms with E-state index in [2.05, 4.69) is 18.4 Å². The Hall–Kier alpha value is -1.98. The van der Waals surface area contributed by atoms with Crippen LogP contribution in [0.15, 0.2) is 48.5 Å². The van der Waals surface area contributed by atoms with E-state index < -0.39 is 20.6 Å². The van der Waals surface area contributed by atoms with Crippen molar-refractivity contribution in [1.29, 1.82) is 0 Å². The van der Waals surface area contributed by atoms with Gasteiger partial charge in [-0.2, -0.15) is 13.2 Å². The maximum atomic E-state index is 13.0. The van der Waals surface area contributed by atoms with Gasteiger partial charge in [-0.05, 0) is 61.1 Å². The van der Waals surface area contributed by atoms with E-state index in [1.165, 1.54) is 0 Å². The number of alkyl halides is 3. The lowest BCUT2D eigenvalue weighted by Crippen LogP contribution is -2.18. The van der Waals surface area contributed by atoms with Gasteiger partial charge in [-0.3, -0.25) is 4.52 Å². The molecule has 0 spiro atoms. The fraction of sp³-hybridized carbons (Fsp3) is 0.500. The van der Waals surface area contributed by atoms with E-state index in [0.717, 1.165) is 62.5 Å². The maximum Gasteiger partial charge on any atom is 0.587 e. The molecule has 0 atom stereocenters. The molecule has 0 bridgehead atoms. The summed E-state index contributed by atoms with van der Waals surface area (Å²) in [7, 11) is -4.56. The second-order valence-corrected chi connectivity index (χ2v) is 9.24. The minimum Gasteiger partial charge on any atom is -0.395 e. The monoisotopic (exact) mass is 472 g/mol. The van der Waals surface area contributed by atoms with Crippen molar-refractivity contribution < 1.29 is 31.3 Å². The summed E-state index contributed by atoms with van der Waals surface area (Å²) in [5.41, 5.74) is 2.13. The molecule has 0 heterocycles. The van der Waals surface area contributed by atoms with Crippen LogP contribution in [-0.4, -0.2) is 12.8 Å². The summed E-state index contributed by atoms with van der Waals surface area (Å²) < 4.78 is 66.4. The predicted octanol–water partition coefficient (Wildman–Crippen LogP) is 8.30. The van der Waals surface area contributed by atoms with Gasteiger partial charge in [0.1, 0.15) is 11.5 Å². The van der Waals surface area contributed by atoms with Crippen molar-refractivity contribution >= 4 is 7.82 Å². The second kappa shape index (κ2) is 12.9. The third-order valence-electron chi connectivity index (χ3n) is 4.81. The Morgan fingerprint density at radius 3 is 1.47 bits per heavy atom. The van der Waals surface area contributed by atoms with E-state index in [1.54, 1.807) is 48.5 Å². The van der Waals surface area contributed by atoms with Crippen LogP contribution >= 0.6 is 7.82 Å². The molecule has 0 aliphatic rings. The van der Waals surface area contributed by atoms with Gasteiger partial charge in [0, 0.05) is 0 Å². The molecule has 0 aromatic heterocycles. The molecule has 178 valence electrons. The number of benzene rings is 2. The lowest BCUT2D eigenvalue weighted by Gasteiger charge is -2.20.